The van der Waals surface area contributed by atoms with E-state index < -0.39 is 21.8 Å². The van der Waals surface area contributed by atoms with E-state index in [0.29, 0.717) is 11.5 Å². The highest BCUT2D eigenvalue weighted by Crippen LogP contribution is 2.32. The summed E-state index contributed by atoms with van der Waals surface area (Å²) in [5, 5.41) is 0. The van der Waals surface area contributed by atoms with Crippen LogP contribution in [0.4, 0.5) is 0 Å². The fourth-order valence-corrected chi connectivity index (χ4v) is 3.30. The number of terminal acetylenes is 1. The molecule has 2 amide bonds. The van der Waals surface area contributed by atoms with Gasteiger partial charge in [-0.15, -0.1) is 6.42 Å². The molecule has 0 aromatic heterocycles. The number of hydrogen-bond acceptors (Lipinski definition) is 6. The van der Waals surface area contributed by atoms with Crippen LogP contribution >= 0.6 is 0 Å². The van der Waals surface area contributed by atoms with Gasteiger partial charge in [-0.25, -0.2) is 8.42 Å². The van der Waals surface area contributed by atoms with Crippen LogP contribution in [0.5, 0.6) is 11.5 Å². The number of fused-ring (bicyclic) bond motifs is 1. The minimum absolute atomic E-state index is 0.0366. The molecule has 10 heteroatoms. The third-order valence-electron chi connectivity index (χ3n) is 3.70. The van der Waals surface area contributed by atoms with Crippen molar-refractivity contribution in [2.75, 3.05) is 13.3 Å². The molecule has 0 spiro atoms. The summed E-state index contributed by atoms with van der Waals surface area (Å²) in [6.45, 7) is -0.100. The summed E-state index contributed by atoms with van der Waals surface area (Å²) < 4.78 is 36.7. The highest BCUT2D eigenvalue weighted by atomic mass is 32.2. The van der Waals surface area contributed by atoms with Gasteiger partial charge in [-0.2, -0.15) is 4.72 Å². The molecule has 2 aromatic carbocycles. The molecule has 1 aliphatic heterocycles. The van der Waals surface area contributed by atoms with Crippen LogP contribution in [-0.2, 0) is 10.0 Å². The Kier molecular flexibility index (Phi) is 5.49. The Bertz CT molecular complexity index is 1070. The van der Waals surface area contributed by atoms with Gasteiger partial charge in [-0.1, -0.05) is 12.0 Å². The lowest BCUT2D eigenvalue weighted by atomic mass is 10.2. The average Bonchev–Trinajstić information content (AvgIpc) is 3.18. The lowest BCUT2D eigenvalue weighted by Crippen LogP contribution is -2.41. The van der Waals surface area contributed by atoms with Crippen LogP contribution in [0.3, 0.4) is 0 Å². The molecule has 0 fully saturated rings. The molecular formula is C18H15N3O6S. The predicted molar refractivity (Wildman–Crippen MR) is 98.0 cm³/mol. The number of hydrazine groups is 1. The van der Waals surface area contributed by atoms with Crippen LogP contribution < -0.4 is 25.0 Å². The molecule has 0 atom stereocenters. The van der Waals surface area contributed by atoms with Gasteiger partial charge < -0.3 is 9.47 Å². The molecule has 2 aromatic rings. The topological polar surface area (TPSA) is 123 Å². The number of carbonyl (C=O) groups is 2. The van der Waals surface area contributed by atoms with Gasteiger partial charge >= 0.3 is 0 Å². The van der Waals surface area contributed by atoms with Crippen molar-refractivity contribution in [2.24, 2.45) is 0 Å². The number of nitrogens with one attached hydrogen (secondary N) is 3. The quantitative estimate of drug-likeness (QED) is 0.492. The number of ether oxygens (including phenoxy) is 2. The molecule has 0 bridgehead atoms. The summed E-state index contributed by atoms with van der Waals surface area (Å²) in [6.07, 6.45) is 5.04. The second kappa shape index (κ2) is 7.99. The maximum absolute atomic E-state index is 12.2. The Morgan fingerprint density at radius 1 is 1.00 bits per heavy atom. The van der Waals surface area contributed by atoms with E-state index in [1.807, 2.05) is 0 Å². The molecule has 9 nitrogen and oxygen atoms in total. The van der Waals surface area contributed by atoms with Gasteiger partial charge in [-0.05, 0) is 36.4 Å². The van der Waals surface area contributed by atoms with Crippen molar-refractivity contribution < 1.29 is 27.5 Å². The molecule has 144 valence electrons. The summed E-state index contributed by atoms with van der Waals surface area (Å²) in [7, 11) is -3.84. The molecule has 0 radical (unpaired) electrons. The number of rotatable bonds is 5. The van der Waals surface area contributed by atoms with E-state index in [9.17, 15) is 18.0 Å². The van der Waals surface area contributed by atoms with Gasteiger partial charge in [0.2, 0.25) is 16.8 Å². The molecule has 0 saturated carbocycles. The normalized spacial score (nSPS) is 12.1. The number of sulfonamides is 1. The molecule has 1 heterocycles. The zero-order chi connectivity index (χ0) is 20.1. The maximum atomic E-state index is 12.2. The van der Waals surface area contributed by atoms with E-state index >= 15 is 0 Å². The highest BCUT2D eigenvalue weighted by Gasteiger charge is 2.18. The zero-order valence-electron chi connectivity index (χ0n) is 14.4. The minimum Gasteiger partial charge on any atom is -0.454 e. The van der Waals surface area contributed by atoms with Gasteiger partial charge in [0.1, 0.15) is 0 Å². The Labute approximate surface area is 161 Å². The van der Waals surface area contributed by atoms with Crippen molar-refractivity contribution in [1.29, 1.82) is 0 Å². The second-order valence-electron chi connectivity index (χ2n) is 5.53. The van der Waals surface area contributed by atoms with Crippen LogP contribution in [0.15, 0.2) is 47.4 Å². The van der Waals surface area contributed by atoms with Gasteiger partial charge in [0.05, 0.1) is 11.4 Å². The monoisotopic (exact) mass is 401 g/mol. The van der Waals surface area contributed by atoms with Gasteiger partial charge in [0.25, 0.3) is 11.8 Å². The first kappa shape index (κ1) is 19.2. The molecule has 0 unspecified atom stereocenters. The van der Waals surface area contributed by atoms with E-state index in [2.05, 4.69) is 21.5 Å². The van der Waals surface area contributed by atoms with E-state index in [1.165, 1.54) is 36.4 Å². The molecule has 0 saturated heterocycles. The largest absolute Gasteiger partial charge is 0.454 e. The van der Waals surface area contributed by atoms with Crippen LogP contribution in [0.1, 0.15) is 20.7 Å². The van der Waals surface area contributed by atoms with Crippen molar-refractivity contribution in [3.8, 4) is 23.8 Å². The van der Waals surface area contributed by atoms with Gasteiger partial charge in [0, 0.05) is 11.1 Å². The molecule has 3 N–H and O–H groups in total. The summed E-state index contributed by atoms with van der Waals surface area (Å²) in [5.41, 5.74) is 4.77. The summed E-state index contributed by atoms with van der Waals surface area (Å²) >= 11 is 0. The maximum Gasteiger partial charge on any atom is 0.269 e. The first-order chi connectivity index (χ1) is 13.4. The second-order valence-corrected chi connectivity index (χ2v) is 7.30. The van der Waals surface area contributed by atoms with Crippen LogP contribution in [-0.4, -0.2) is 33.6 Å². The van der Waals surface area contributed by atoms with E-state index in [-0.39, 0.29) is 29.4 Å². The number of benzene rings is 2. The van der Waals surface area contributed by atoms with Gasteiger partial charge in [0.15, 0.2) is 11.5 Å². The number of hydrogen-bond donors (Lipinski definition) is 3. The van der Waals surface area contributed by atoms with Crippen LogP contribution in [0.25, 0.3) is 0 Å². The van der Waals surface area contributed by atoms with Crippen molar-refractivity contribution in [1.82, 2.24) is 15.6 Å². The van der Waals surface area contributed by atoms with Crippen molar-refractivity contribution in [3.63, 3.8) is 0 Å². The molecule has 1 aliphatic rings. The van der Waals surface area contributed by atoms with Crippen molar-refractivity contribution in [3.05, 3.63) is 53.6 Å². The smallest absolute Gasteiger partial charge is 0.269 e. The molecule has 0 aliphatic carbocycles. The number of amides is 2. The van der Waals surface area contributed by atoms with Crippen LogP contribution in [0.2, 0.25) is 0 Å². The fourth-order valence-electron chi connectivity index (χ4n) is 2.32. The van der Waals surface area contributed by atoms with Gasteiger partial charge in [-0.3, -0.25) is 20.4 Å². The molecule has 3 rings (SSSR count). The lowest BCUT2D eigenvalue weighted by molar-refractivity contribution is 0.0846. The highest BCUT2D eigenvalue weighted by molar-refractivity contribution is 7.89. The van der Waals surface area contributed by atoms with Crippen molar-refractivity contribution >= 4 is 21.8 Å². The van der Waals surface area contributed by atoms with E-state index in [0.717, 1.165) is 0 Å². The Morgan fingerprint density at radius 3 is 2.39 bits per heavy atom. The number of carbonyl (C=O) groups excluding carboxylic acids is 2. The van der Waals surface area contributed by atoms with Crippen molar-refractivity contribution in [2.45, 2.75) is 4.90 Å². The SMILES string of the molecule is C#CCNS(=O)(=O)c1cccc(C(=O)NNC(=O)c2ccc3c(c2)OCO3)c1. The Morgan fingerprint density at radius 2 is 1.68 bits per heavy atom. The lowest BCUT2D eigenvalue weighted by Gasteiger charge is -2.09. The summed E-state index contributed by atoms with van der Waals surface area (Å²) in [5.74, 6) is 1.84. The predicted octanol–water partition coefficient (Wildman–Crippen LogP) is 0.402. The third-order valence-corrected chi connectivity index (χ3v) is 5.09. The van der Waals surface area contributed by atoms with E-state index in [1.54, 1.807) is 6.07 Å². The molecule has 28 heavy (non-hydrogen) atoms. The first-order valence-corrected chi connectivity index (χ1v) is 9.42. The van der Waals surface area contributed by atoms with E-state index in [4.69, 9.17) is 15.9 Å². The minimum atomic E-state index is -3.84. The third kappa shape index (κ3) is 4.22. The summed E-state index contributed by atoms with van der Waals surface area (Å²) in [4.78, 5) is 24.3. The van der Waals surface area contributed by atoms with Crippen LogP contribution in [0, 0.1) is 12.3 Å². The Hall–Kier alpha value is -3.55. The zero-order valence-corrected chi connectivity index (χ0v) is 15.2. The average molecular weight is 401 g/mol. The molecular weight excluding hydrogens is 386 g/mol. The fraction of sp³-hybridized carbons (Fsp3) is 0.111. The standard InChI is InChI=1S/C18H15N3O6S/c1-2-8-19-28(24,25)14-5-3-4-12(9-14)17(22)20-21-18(23)13-6-7-15-16(10-13)27-11-26-15/h1,3-7,9-10,19H,8,11H2,(H,20,22)(H,21,23). The summed E-state index contributed by atoms with van der Waals surface area (Å²) in [6, 6.07) is 9.87. The Balaban J connectivity index is 1.66. The first-order valence-electron chi connectivity index (χ1n) is 7.94.